The Bertz CT molecular complexity index is 699. The lowest BCUT2D eigenvalue weighted by molar-refractivity contribution is -0.118. The van der Waals surface area contributed by atoms with E-state index < -0.39 is 11.3 Å². The van der Waals surface area contributed by atoms with Gasteiger partial charge in [0.2, 0.25) is 5.43 Å². The second-order valence-corrected chi connectivity index (χ2v) is 4.57. The summed E-state index contributed by atoms with van der Waals surface area (Å²) in [6, 6.07) is 8.00. The third kappa shape index (κ3) is 4.08. The quantitative estimate of drug-likeness (QED) is 0.781. The second kappa shape index (κ2) is 6.92. The number of halogens is 1. The van der Waals surface area contributed by atoms with E-state index in [-0.39, 0.29) is 19.0 Å². The minimum absolute atomic E-state index is 0.00140. The van der Waals surface area contributed by atoms with Crippen molar-refractivity contribution in [2.24, 2.45) is 0 Å². The third-order valence-corrected chi connectivity index (χ3v) is 2.94. The van der Waals surface area contributed by atoms with Crippen molar-refractivity contribution >= 4 is 23.2 Å². The van der Waals surface area contributed by atoms with E-state index in [0.717, 1.165) is 0 Å². The second-order valence-electron chi connectivity index (χ2n) is 4.16. The van der Waals surface area contributed by atoms with Crippen molar-refractivity contribution in [1.29, 1.82) is 0 Å². The van der Waals surface area contributed by atoms with E-state index in [9.17, 15) is 9.59 Å². The van der Waals surface area contributed by atoms with Gasteiger partial charge in [-0.1, -0.05) is 23.7 Å². The first-order chi connectivity index (χ1) is 10.1. The number of hydrogen-bond donors (Lipinski definition) is 3. The maximum Gasteiger partial charge on any atom is 0.262 e. The Morgan fingerprint density at radius 2 is 2.14 bits per heavy atom. The van der Waals surface area contributed by atoms with Gasteiger partial charge in [-0.15, -0.1) is 0 Å². The molecule has 1 heterocycles. The fraction of sp³-hybridized carbons (Fsp3) is 0.143. The molecular formula is C14H13ClN2O4. The molecule has 1 aromatic heterocycles. The topological polar surface area (TPSA) is 91.4 Å². The largest absolute Gasteiger partial charge is 0.478 e. The van der Waals surface area contributed by atoms with Gasteiger partial charge >= 0.3 is 0 Å². The van der Waals surface area contributed by atoms with Crippen LogP contribution >= 0.6 is 11.6 Å². The first-order valence-corrected chi connectivity index (χ1v) is 6.47. The Hall–Kier alpha value is -2.31. The summed E-state index contributed by atoms with van der Waals surface area (Å²) in [7, 11) is 0. The molecule has 2 rings (SSSR count). The van der Waals surface area contributed by atoms with Gasteiger partial charge in [0.1, 0.15) is 0 Å². The zero-order valence-electron chi connectivity index (χ0n) is 10.9. The Balaban J connectivity index is 1.96. The lowest BCUT2D eigenvalue weighted by atomic mass is 10.3. The van der Waals surface area contributed by atoms with E-state index in [1.807, 2.05) is 0 Å². The fourth-order valence-corrected chi connectivity index (χ4v) is 1.78. The van der Waals surface area contributed by atoms with Crippen molar-refractivity contribution in [3.63, 3.8) is 0 Å². The van der Waals surface area contributed by atoms with Crippen LogP contribution in [0.2, 0.25) is 5.02 Å². The van der Waals surface area contributed by atoms with Crippen LogP contribution in [-0.2, 0) is 11.4 Å². The van der Waals surface area contributed by atoms with E-state index in [4.69, 9.17) is 21.4 Å². The van der Waals surface area contributed by atoms with Gasteiger partial charge in [0.05, 0.1) is 17.3 Å². The highest BCUT2D eigenvalue weighted by Crippen LogP contribution is 2.20. The van der Waals surface area contributed by atoms with Crippen LogP contribution in [0.4, 0.5) is 5.69 Å². The number of carbonyl (C=O) groups excluding carboxylic acids is 1. The van der Waals surface area contributed by atoms with Crippen LogP contribution in [0.1, 0.15) is 5.69 Å². The van der Waals surface area contributed by atoms with Crippen molar-refractivity contribution in [2.45, 2.75) is 6.61 Å². The maximum atomic E-state index is 11.7. The average molecular weight is 309 g/mol. The molecule has 110 valence electrons. The van der Waals surface area contributed by atoms with Gasteiger partial charge in [0.15, 0.2) is 12.4 Å². The summed E-state index contributed by atoms with van der Waals surface area (Å²) in [5.41, 5.74) is 0.425. The number of aromatic nitrogens is 1. The van der Waals surface area contributed by atoms with Gasteiger partial charge < -0.3 is 20.1 Å². The van der Waals surface area contributed by atoms with Crippen LogP contribution in [-0.4, -0.2) is 22.6 Å². The third-order valence-electron chi connectivity index (χ3n) is 2.61. The summed E-state index contributed by atoms with van der Waals surface area (Å²) in [5.74, 6) is -0.435. The molecule has 0 atom stereocenters. The Morgan fingerprint density at radius 3 is 2.81 bits per heavy atom. The number of para-hydroxylation sites is 1. The number of pyridine rings is 1. The fourth-order valence-electron chi connectivity index (χ4n) is 1.60. The Kier molecular flexibility index (Phi) is 4.97. The number of H-pyrrole nitrogens is 1. The van der Waals surface area contributed by atoms with Crippen molar-refractivity contribution in [1.82, 2.24) is 4.98 Å². The van der Waals surface area contributed by atoms with Crippen LogP contribution in [0, 0.1) is 0 Å². The first kappa shape index (κ1) is 15.1. The highest BCUT2D eigenvalue weighted by atomic mass is 35.5. The molecule has 0 radical (unpaired) electrons. The molecule has 1 aromatic carbocycles. The molecule has 0 aliphatic rings. The SMILES string of the molecule is O=C(COc1c[nH]c(CO)cc1=O)Nc1ccccc1Cl. The monoisotopic (exact) mass is 308 g/mol. The highest BCUT2D eigenvalue weighted by Gasteiger charge is 2.08. The Labute approximate surface area is 125 Å². The molecule has 0 fully saturated rings. The number of rotatable bonds is 5. The molecule has 0 saturated heterocycles. The summed E-state index contributed by atoms with van der Waals surface area (Å²) in [6.45, 7) is -0.602. The van der Waals surface area contributed by atoms with Crippen LogP contribution in [0.5, 0.6) is 5.75 Å². The Morgan fingerprint density at radius 1 is 1.38 bits per heavy atom. The number of benzene rings is 1. The molecule has 0 aliphatic heterocycles. The van der Waals surface area contributed by atoms with Gasteiger partial charge in [0.25, 0.3) is 5.91 Å². The number of carbonyl (C=O) groups is 1. The molecule has 6 nitrogen and oxygen atoms in total. The van der Waals surface area contributed by atoms with Crippen molar-refractivity contribution in [2.75, 3.05) is 11.9 Å². The predicted molar refractivity (Wildman–Crippen MR) is 78.6 cm³/mol. The standard InChI is InChI=1S/C14H13ClN2O4/c15-10-3-1-2-4-11(10)17-14(20)8-21-13-6-16-9(7-18)5-12(13)19/h1-6,18H,7-8H2,(H,16,19)(H,17,20). The summed E-state index contributed by atoms with van der Waals surface area (Å²) >= 11 is 5.91. The van der Waals surface area contributed by atoms with Gasteiger partial charge in [-0.3, -0.25) is 9.59 Å². The van der Waals surface area contributed by atoms with E-state index in [1.165, 1.54) is 12.3 Å². The van der Waals surface area contributed by atoms with Crippen molar-refractivity contribution in [3.8, 4) is 5.75 Å². The number of hydrogen-bond acceptors (Lipinski definition) is 4. The van der Waals surface area contributed by atoms with Gasteiger partial charge in [-0.05, 0) is 12.1 Å². The number of amides is 1. The molecule has 7 heteroatoms. The lowest BCUT2D eigenvalue weighted by Crippen LogP contribution is -2.22. The minimum atomic E-state index is -0.436. The minimum Gasteiger partial charge on any atom is -0.478 e. The molecule has 1 amide bonds. The lowest BCUT2D eigenvalue weighted by Gasteiger charge is -2.08. The predicted octanol–water partition coefficient (Wildman–Crippen LogP) is 1.54. The molecule has 3 N–H and O–H groups in total. The van der Waals surface area contributed by atoms with E-state index >= 15 is 0 Å². The van der Waals surface area contributed by atoms with E-state index in [2.05, 4.69) is 10.3 Å². The summed E-state index contributed by atoms with van der Waals surface area (Å²) < 4.78 is 5.13. The van der Waals surface area contributed by atoms with Crippen LogP contribution in [0.25, 0.3) is 0 Å². The van der Waals surface area contributed by atoms with Crippen LogP contribution in [0.15, 0.2) is 41.3 Å². The van der Waals surface area contributed by atoms with Crippen molar-refractivity contribution in [3.05, 3.63) is 57.5 Å². The number of aliphatic hydroxyl groups excluding tert-OH is 1. The zero-order valence-corrected chi connectivity index (χ0v) is 11.7. The molecule has 21 heavy (non-hydrogen) atoms. The molecule has 2 aromatic rings. The molecule has 0 aliphatic carbocycles. The van der Waals surface area contributed by atoms with Crippen LogP contribution < -0.4 is 15.5 Å². The molecule has 0 bridgehead atoms. The van der Waals surface area contributed by atoms with Gasteiger partial charge in [-0.25, -0.2) is 0 Å². The summed E-state index contributed by atoms with van der Waals surface area (Å²) in [5, 5.41) is 11.9. The van der Waals surface area contributed by atoms with E-state index in [1.54, 1.807) is 24.3 Å². The van der Waals surface area contributed by atoms with Gasteiger partial charge in [-0.2, -0.15) is 0 Å². The average Bonchev–Trinajstić information content (AvgIpc) is 2.48. The van der Waals surface area contributed by atoms with Crippen LogP contribution in [0.3, 0.4) is 0 Å². The normalized spacial score (nSPS) is 10.2. The number of nitrogens with one attached hydrogen (secondary N) is 2. The zero-order chi connectivity index (χ0) is 15.2. The number of aliphatic hydroxyl groups is 1. The number of aromatic amines is 1. The first-order valence-electron chi connectivity index (χ1n) is 6.10. The summed E-state index contributed by atoms with van der Waals surface area (Å²) in [6.07, 6.45) is 1.30. The molecule has 0 unspecified atom stereocenters. The number of anilines is 1. The van der Waals surface area contributed by atoms with Crippen molar-refractivity contribution < 1.29 is 14.6 Å². The molecular weight excluding hydrogens is 296 g/mol. The smallest absolute Gasteiger partial charge is 0.262 e. The summed E-state index contributed by atoms with van der Waals surface area (Å²) in [4.78, 5) is 26.0. The molecule has 0 saturated carbocycles. The number of ether oxygens (including phenoxy) is 1. The highest BCUT2D eigenvalue weighted by molar-refractivity contribution is 6.33. The van der Waals surface area contributed by atoms with E-state index in [0.29, 0.717) is 16.4 Å². The molecule has 0 spiro atoms. The maximum absolute atomic E-state index is 11.7. The van der Waals surface area contributed by atoms with Gasteiger partial charge in [0, 0.05) is 18.0 Å².